The standard InChI is InChI=1S/C16H22N4S.HI/c1-17-16(19-12-15-5-4-10-21-15)18-11-13-6-8-14(9-7-13)20(2)3;/h4-10H,11-12H2,1-3H3,(H2,17,18,19);1H. The first-order valence-corrected chi connectivity index (χ1v) is 7.80. The maximum atomic E-state index is 4.24. The summed E-state index contributed by atoms with van der Waals surface area (Å²) >= 11 is 1.74. The summed E-state index contributed by atoms with van der Waals surface area (Å²) in [6.45, 7) is 1.56. The minimum absolute atomic E-state index is 0. The van der Waals surface area contributed by atoms with Crippen molar-refractivity contribution in [1.29, 1.82) is 0 Å². The highest BCUT2D eigenvalue weighted by molar-refractivity contribution is 14.0. The van der Waals surface area contributed by atoms with E-state index in [-0.39, 0.29) is 24.0 Å². The number of anilines is 1. The Balaban J connectivity index is 0.00000242. The smallest absolute Gasteiger partial charge is 0.191 e. The molecule has 1 heterocycles. The van der Waals surface area contributed by atoms with Crippen LogP contribution in [-0.2, 0) is 13.1 Å². The van der Waals surface area contributed by atoms with Gasteiger partial charge in [0.1, 0.15) is 0 Å². The first kappa shape index (κ1) is 18.8. The molecule has 0 fully saturated rings. The zero-order valence-electron chi connectivity index (χ0n) is 13.2. The van der Waals surface area contributed by atoms with Gasteiger partial charge in [-0.1, -0.05) is 18.2 Å². The van der Waals surface area contributed by atoms with Gasteiger partial charge < -0.3 is 15.5 Å². The van der Waals surface area contributed by atoms with Crippen LogP contribution in [0.15, 0.2) is 46.8 Å². The van der Waals surface area contributed by atoms with Gasteiger partial charge in [0.25, 0.3) is 0 Å². The molecule has 2 rings (SSSR count). The molecule has 0 atom stereocenters. The van der Waals surface area contributed by atoms with Crippen molar-refractivity contribution in [3.63, 3.8) is 0 Å². The van der Waals surface area contributed by atoms with E-state index in [4.69, 9.17) is 0 Å². The molecule has 0 bridgehead atoms. The highest BCUT2D eigenvalue weighted by atomic mass is 127. The normalized spacial score (nSPS) is 10.8. The lowest BCUT2D eigenvalue weighted by atomic mass is 10.2. The third-order valence-corrected chi connectivity index (χ3v) is 4.02. The van der Waals surface area contributed by atoms with Crippen molar-refractivity contribution in [3.8, 4) is 0 Å². The number of hydrogen-bond donors (Lipinski definition) is 2. The van der Waals surface area contributed by atoms with Crippen molar-refractivity contribution in [3.05, 3.63) is 52.2 Å². The van der Waals surface area contributed by atoms with Crippen molar-refractivity contribution in [1.82, 2.24) is 10.6 Å². The fourth-order valence-corrected chi connectivity index (χ4v) is 2.55. The molecule has 22 heavy (non-hydrogen) atoms. The van der Waals surface area contributed by atoms with E-state index in [1.54, 1.807) is 18.4 Å². The van der Waals surface area contributed by atoms with Crippen LogP contribution in [0.1, 0.15) is 10.4 Å². The van der Waals surface area contributed by atoms with Gasteiger partial charge in [-0.2, -0.15) is 0 Å². The monoisotopic (exact) mass is 430 g/mol. The maximum absolute atomic E-state index is 4.24. The molecule has 0 saturated heterocycles. The fraction of sp³-hybridized carbons (Fsp3) is 0.312. The number of rotatable bonds is 5. The Morgan fingerprint density at radius 1 is 1.09 bits per heavy atom. The molecule has 0 amide bonds. The minimum atomic E-state index is 0. The number of nitrogens with zero attached hydrogens (tertiary/aromatic N) is 2. The van der Waals surface area contributed by atoms with E-state index in [2.05, 4.69) is 62.3 Å². The number of halogens is 1. The first-order chi connectivity index (χ1) is 10.2. The zero-order chi connectivity index (χ0) is 15.1. The highest BCUT2D eigenvalue weighted by Crippen LogP contribution is 2.12. The molecule has 2 aromatic rings. The van der Waals surface area contributed by atoms with Crippen LogP contribution in [0.3, 0.4) is 0 Å². The molecule has 0 aliphatic heterocycles. The second-order valence-corrected chi connectivity index (χ2v) is 5.95. The lowest BCUT2D eigenvalue weighted by Crippen LogP contribution is -2.36. The van der Waals surface area contributed by atoms with Crippen LogP contribution in [0.2, 0.25) is 0 Å². The molecule has 4 nitrogen and oxygen atoms in total. The van der Waals surface area contributed by atoms with Gasteiger partial charge in [-0.3, -0.25) is 4.99 Å². The average Bonchev–Trinajstić information content (AvgIpc) is 3.01. The lowest BCUT2D eigenvalue weighted by Gasteiger charge is -2.14. The highest BCUT2D eigenvalue weighted by Gasteiger charge is 2.00. The third-order valence-electron chi connectivity index (χ3n) is 3.15. The summed E-state index contributed by atoms with van der Waals surface area (Å²) in [6, 6.07) is 12.7. The summed E-state index contributed by atoms with van der Waals surface area (Å²) in [6.07, 6.45) is 0. The molecule has 1 aromatic heterocycles. The quantitative estimate of drug-likeness (QED) is 0.435. The molecule has 2 N–H and O–H groups in total. The van der Waals surface area contributed by atoms with Gasteiger partial charge in [0.05, 0.1) is 6.54 Å². The molecule has 6 heteroatoms. The van der Waals surface area contributed by atoms with Gasteiger partial charge in [-0.15, -0.1) is 35.3 Å². The molecular weight excluding hydrogens is 407 g/mol. The van der Waals surface area contributed by atoms with Gasteiger partial charge >= 0.3 is 0 Å². The minimum Gasteiger partial charge on any atom is -0.378 e. The lowest BCUT2D eigenvalue weighted by molar-refractivity contribution is 0.815. The van der Waals surface area contributed by atoms with Crippen LogP contribution in [-0.4, -0.2) is 27.1 Å². The molecule has 0 saturated carbocycles. The molecular formula is C16H23IN4S. The Bertz CT molecular complexity index is 564. The van der Waals surface area contributed by atoms with Crippen LogP contribution in [0.4, 0.5) is 5.69 Å². The molecule has 0 aliphatic rings. The van der Waals surface area contributed by atoms with Gasteiger partial charge in [-0.25, -0.2) is 0 Å². The summed E-state index contributed by atoms with van der Waals surface area (Å²) in [4.78, 5) is 7.63. The van der Waals surface area contributed by atoms with Gasteiger partial charge in [0, 0.05) is 38.3 Å². The van der Waals surface area contributed by atoms with Crippen LogP contribution in [0, 0.1) is 0 Å². The topological polar surface area (TPSA) is 39.7 Å². The number of nitrogens with one attached hydrogen (secondary N) is 2. The second kappa shape index (κ2) is 9.68. The summed E-state index contributed by atoms with van der Waals surface area (Å²) in [7, 11) is 5.88. The number of thiophene rings is 1. The van der Waals surface area contributed by atoms with E-state index in [1.165, 1.54) is 16.1 Å². The summed E-state index contributed by atoms with van der Waals surface area (Å²) < 4.78 is 0. The molecule has 1 aromatic carbocycles. The Kier molecular flexibility index (Phi) is 8.26. The van der Waals surface area contributed by atoms with Crippen molar-refractivity contribution in [2.24, 2.45) is 4.99 Å². The summed E-state index contributed by atoms with van der Waals surface area (Å²) in [5.41, 5.74) is 2.44. The number of benzene rings is 1. The van der Waals surface area contributed by atoms with E-state index in [1.807, 2.05) is 14.1 Å². The van der Waals surface area contributed by atoms with Crippen molar-refractivity contribution in [2.45, 2.75) is 13.1 Å². The predicted octanol–water partition coefficient (Wildman–Crippen LogP) is 3.30. The van der Waals surface area contributed by atoms with E-state index >= 15 is 0 Å². The van der Waals surface area contributed by atoms with Crippen LogP contribution >= 0.6 is 35.3 Å². The SMILES string of the molecule is CN=C(NCc1ccc(N(C)C)cc1)NCc1cccs1.I. The Morgan fingerprint density at radius 2 is 1.77 bits per heavy atom. The first-order valence-electron chi connectivity index (χ1n) is 6.92. The molecule has 0 aliphatic carbocycles. The van der Waals surface area contributed by atoms with Gasteiger partial charge in [0.2, 0.25) is 0 Å². The van der Waals surface area contributed by atoms with Crippen LogP contribution in [0.5, 0.6) is 0 Å². The predicted molar refractivity (Wildman–Crippen MR) is 108 cm³/mol. The summed E-state index contributed by atoms with van der Waals surface area (Å²) in [5, 5.41) is 8.72. The van der Waals surface area contributed by atoms with E-state index in [0.29, 0.717) is 0 Å². The molecule has 0 unspecified atom stereocenters. The molecule has 120 valence electrons. The largest absolute Gasteiger partial charge is 0.378 e. The second-order valence-electron chi connectivity index (χ2n) is 4.92. The Hall–Kier alpha value is -1.28. The van der Waals surface area contributed by atoms with Crippen LogP contribution < -0.4 is 15.5 Å². The van der Waals surface area contributed by atoms with Crippen LogP contribution in [0.25, 0.3) is 0 Å². The molecule has 0 spiro atoms. The fourth-order valence-electron chi connectivity index (χ4n) is 1.90. The van der Waals surface area contributed by atoms with E-state index < -0.39 is 0 Å². The van der Waals surface area contributed by atoms with Crippen molar-refractivity contribution in [2.75, 3.05) is 26.0 Å². The third kappa shape index (κ3) is 5.84. The van der Waals surface area contributed by atoms with Gasteiger partial charge in [0.15, 0.2) is 5.96 Å². The zero-order valence-corrected chi connectivity index (χ0v) is 16.3. The van der Waals surface area contributed by atoms with E-state index in [0.717, 1.165) is 19.0 Å². The van der Waals surface area contributed by atoms with Crippen molar-refractivity contribution < 1.29 is 0 Å². The van der Waals surface area contributed by atoms with Gasteiger partial charge in [-0.05, 0) is 29.1 Å². The Labute approximate surface area is 153 Å². The molecule has 0 radical (unpaired) electrons. The Morgan fingerprint density at radius 3 is 2.32 bits per heavy atom. The van der Waals surface area contributed by atoms with E-state index in [9.17, 15) is 0 Å². The number of guanidine groups is 1. The maximum Gasteiger partial charge on any atom is 0.191 e. The average molecular weight is 430 g/mol. The number of aliphatic imine (C=N–C) groups is 1. The van der Waals surface area contributed by atoms with Crippen molar-refractivity contribution >= 4 is 47.0 Å². The summed E-state index contributed by atoms with van der Waals surface area (Å²) in [5.74, 6) is 0.820. The number of hydrogen-bond acceptors (Lipinski definition) is 3.